The van der Waals surface area contributed by atoms with Crippen molar-refractivity contribution >= 4 is 40.4 Å². The van der Waals surface area contributed by atoms with Gasteiger partial charge in [-0.25, -0.2) is 0 Å². The molecule has 1 N–H and O–H groups in total. The monoisotopic (exact) mass is 327 g/mol. The lowest BCUT2D eigenvalue weighted by atomic mass is 10.1. The van der Waals surface area contributed by atoms with E-state index in [4.69, 9.17) is 23.2 Å². The van der Waals surface area contributed by atoms with Crippen LogP contribution in [0.1, 0.15) is 20.8 Å². The van der Waals surface area contributed by atoms with Gasteiger partial charge in [-0.1, -0.05) is 41.9 Å². The second-order valence-corrected chi connectivity index (χ2v) is 6.14. The summed E-state index contributed by atoms with van der Waals surface area (Å²) in [4.78, 5) is 12.7. The standard InChI is InChI=1S/C15H15Cl2NOS/c1-10-9-20-14(13(10)17)15(19)18-12(8-16)7-11-5-3-2-4-6-11/h2-6,9,12H,7-8H2,1H3,(H,18,19). The summed E-state index contributed by atoms with van der Waals surface area (Å²) >= 11 is 13.4. The topological polar surface area (TPSA) is 29.1 Å². The number of thiophene rings is 1. The number of carbonyl (C=O) groups excluding carboxylic acids is 1. The summed E-state index contributed by atoms with van der Waals surface area (Å²) in [6.07, 6.45) is 0.706. The maximum atomic E-state index is 12.2. The SMILES string of the molecule is Cc1csc(C(=O)NC(CCl)Cc2ccccc2)c1Cl. The summed E-state index contributed by atoms with van der Waals surface area (Å²) in [5.41, 5.74) is 2.07. The van der Waals surface area contributed by atoms with Gasteiger partial charge in [0.2, 0.25) is 0 Å². The third kappa shape index (κ3) is 3.75. The highest BCUT2D eigenvalue weighted by Crippen LogP contribution is 2.27. The first-order chi connectivity index (χ1) is 9.61. The van der Waals surface area contributed by atoms with Gasteiger partial charge in [-0.15, -0.1) is 22.9 Å². The summed E-state index contributed by atoms with van der Waals surface area (Å²) in [6.45, 7) is 1.89. The van der Waals surface area contributed by atoms with E-state index in [2.05, 4.69) is 5.32 Å². The minimum Gasteiger partial charge on any atom is -0.347 e. The zero-order valence-electron chi connectivity index (χ0n) is 11.0. The molecular weight excluding hydrogens is 313 g/mol. The number of rotatable bonds is 5. The maximum absolute atomic E-state index is 12.2. The van der Waals surface area contributed by atoms with Crippen LogP contribution < -0.4 is 5.32 Å². The van der Waals surface area contributed by atoms with Crippen LogP contribution in [0, 0.1) is 6.92 Å². The van der Waals surface area contributed by atoms with Gasteiger partial charge in [0.25, 0.3) is 5.91 Å². The molecule has 1 atom stereocenters. The van der Waals surface area contributed by atoms with Crippen LogP contribution in [0.5, 0.6) is 0 Å². The van der Waals surface area contributed by atoms with Gasteiger partial charge in [0, 0.05) is 11.9 Å². The predicted molar refractivity (Wildman–Crippen MR) is 86.2 cm³/mol. The van der Waals surface area contributed by atoms with Gasteiger partial charge in [-0.05, 0) is 29.9 Å². The van der Waals surface area contributed by atoms with Gasteiger partial charge in [-0.3, -0.25) is 4.79 Å². The van der Waals surface area contributed by atoms with Crippen molar-refractivity contribution in [3.63, 3.8) is 0 Å². The molecule has 1 unspecified atom stereocenters. The van der Waals surface area contributed by atoms with Crippen molar-refractivity contribution < 1.29 is 4.79 Å². The van der Waals surface area contributed by atoms with Crippen LogP contribution in [0.15, 0.2) is 35.7 Å². The van der Waals surface area contributed by atoms with Crippen LogP contribution in [0.4, 0.5) is 0 Å². The molecule has 1 heterocycles. The zero-order chi connectivity index (χ0) is 14.5. The molecule has 0 aliphatic rings. The number of halogens is 2. The van der Waals surface area contributed by atoms with Crippen molar-refractivity contribution in [2.45, 2.75) is 19.4 Å². The van der Waals surface area contributed by atoms with E-state index in [1.165, 1.54) is 11.3 Å². The van der Waals surface area contributed by atoms with Crippen LogP contribution in [-0.4, -0.2) is 17.8 Å². The molecule has 5 heteroatoms. The molecule has 0 spiro atoms. The number of alkyl halides is 1. The molecule has 0 saturated carbocycles. The van der Waals surface area contributed by atoms with Crippen molar-refractivity contribution in [3.8, 4) is 0 Å². The average Bonchev–Trinajstić information content (AvgIpc) is 2.79. The molecule has 0 bridgehead atoms. The molecule has 1 aromatic heterocycles. The fraction of sp³-hybridized carbons (Fsp3) is 0.267. The Bertz CT molecular complexity index is 583. The minimum absolute atomic E-state index is 0.106. The largest absolute Gasteiger partial charge is 0.347 e. The summed E-state index contributed by atoms with van der Waals surface area (Å²) in [5.74, 6) is 0.206. The molecule has 1 amide bonds. The highest BCUT2D eigenvalue weighted by molar-refractivity contribution is 7.13. The van der Waals surface area contributed by atoms with Crippen LogP contribution in [0.2, 0.25) is 5.02 Å². The van der Waals surface area contributed by atoms with E-state index >= 15 is 0 Å². The van der Waals surface area contributed by atoms with E-state index in [1.807, 2.05) is 42.6 Å². The first-order valence-corrected chi connectivity index (χ1v) is 8.05. The van der Waals surface area contributed by atoms with Crippen molar-refractivity contribution in [1.82, 2.24) is 5.32 Å². The summed E-state index contributed by atoms with van der Waals surface area (Å²) in [5, 5.41) is 5.35. The minimum atomic E-state index is -0.158. The number of hydrogen-bond donors (Lipinski definition) is 1. The molecule has 0 saturated heterocycles. The smallest absolute Gasteiger partial charge is 0.263 e. The molecule has 1 aromatic carbocycles. The Hall–Kier alpha value is -1.03. The third-order valence-corrected chi connectivity index (χ3v) is 5.02. The lowest BCUT2D eigenvalue weighted by Gasteiger charge is -2.15. The number of nitrogens with one attached hydrogen (secondary N) is 1. The lowest BCUT2D eigenvalue weighted by Crippen LogP contribution is -2.37. The number of aryl methyl sites for hydroxylation is 1. The molecule has 0 aliphatic carbocycles. The van der Waals surface area contributed by atoms with Gasteiger partial charge in [0.15, 0.2) is 0 Å². The second kappa shape index (κ2) is 7.11. The first-order valence-electron chi connectivity index (χ1n) is 6.26. The maximum Gasteiger partial charge on any atom is 0.263 e. The Morgan fingerprint density at radius 1 is 1.35 bits per heavy atom. The van der Waals surface area contributed by atoms with E-state index in [9.17, 15) is 4.79 Å². The van der Waals surface area contributed by atoms with Crippen LogP contribution >= 0.6 is 34.5 Å². The first kappa shape index (κ1) is 15.4. The summed E-state index contributed by atoms with van der Waals surface area (Å²) < 4.78 is 0. The third-order valence-electron chi connectivity index (χ3n) is 2.95. The Kier molecular flexibility index (Phi) is 5.46. The molecular formula is C15H15Cl2NOS. The summed E-state index contributed by atoms with van der Waals surface area (Å²) in [7, 11) is 0. The molecule has 2 nitrogen and oxygen atoms in total. The van der Waals surface area contributed by atoms with Gasteiger partial charge < -0.3 is 5.32 Å². The van der Waals surface area contributed by atoms with Crippen molar-refractivity contribution in [2.75, 3.05) is 5.88 Å². The predicted octanol–water partition coefficient (Wildman–Crippen LogP) is 4.29. The fourth-order valence-corrected chi connectivity index (χ4v) is 3.24. The quantitative estimate of drug-likeness (QED) is 0.815. The van der Waals surface area contributed by atoms with E-state index in [-0.39, 0.29) is 11.9 Å². The van der Waals surface area contributed by atoms with Gasteiger partial charge in [-0.2, -0.15) is 0 Å². The van der Waals surface area contributed by atoms with E-state index < -0.39 is 0 Å². The zero-order valence-corrected chi connectivity index (χ0v) is 13.4. The van der Waals surface area contributed by atoms with Crippen molar-refractivity contribution in [3.05, 3.63) is 56.7 Å². The van der Waals surface area contributed by atoms with E-state index in [0.717, 1.165) is 11.1 Å². The second-order valence-electron chi connectivity index (χ2n) is 4.58. The lowest BCUT2D eigenvalue weighted by molar-refractivity contribution is 0.0945. The van der Waals surface area contributed by atoms with Crippen LogP contribution in [-0.2, 0) is 6.42 Å². The van der Waals surface area contributed by atoms with Gasteiger partial charge in [0.1, 0.15) is 4.88 Å². The fourth-order valence-electron chi connectivity index (χ4n) is 1.88. The Labute approximate surface area is 132 Å². The Balaban J connectivity index is 2.03. The average molecular weight is 328 g/mol. The van der Waals surface area contributed by atoms with E-state index in [1.54, 1.807) is 0 Å². The van der Waals surface area contributed by atoms with Gasteiger partial charge in [0.05, 0.1) is 5.02 Å². The molecule has 2 aromatic rings. The molecule has 2 rings (SSSR count). The molecule has 0 radical (unpaired) electrons. The number of carbonyl (C=O) groups is 1. The number of hydrogen-bond acceptors (Lipinski definition) is 2. The molecule has 0 fully saturated rings. The van der Waals surface area contributed by atoms with E-state index in [0.29, 0.717) is 22.2 Å². The van der Waals surface area contributed by atoms with Crippen molar-refractivity contribution in [2.24, 2.45) is 0 Å². The van der Waals surface area contributed by atoms with Crippen molar-refractivity contribution in [1.29, 1.82) is 0 Å². The highest BCUT2D eigenvalue weighted by Gasteiger charge is 2.18. The molecule has 106 valence electrons. The number of amides is 1. The normalized spacial score (nSPS) is 12.2. The Morgan fingerprint density at radius 3 is 2.60 bits per heavy atom. The van der Waals surface area contributed by atoms with Gasteiger partial charge >= 0.3 is 0 Å². The summed E-state index contributed by atoms with van der Waals surface area (Å²) in [6, 6.07) is 9.85. The van der Waals surface area contributed by atoms with Crippen LogP contribution in [0.3, 0.4) is 0 Å². The number of benzene rings is 1. The Morgan fingerprint density at radius 2 is 2.05 bits per heavy atom. The molecule has 0 aliphatic heterocycles. The van der Waals surface area contributed by atoms with Crippen LogP contribution in [0.25, 0.3) is 0 Å². The molecule has 20 heavy (non-hydrogen) atoms. The highest BCUT2D eigenvalue weighted by atomic mass is 35.5.